The molecule has 1 aliphatic heterocycles. The Kier molecular flexibility index (Phi) is 4.16. The van der Waals surface area contributed by atoms with Gasteiger partial charge in [0, 0.05) is 18.3 Å². The molecule has 96 valence electrons. The van der Waals surface area contributed by atoms with Gasteiger partial charge in [-0.2, -0.15) is 5.26 Å². The highest BCUT2D eigenvalue weighted by molar-refractivity contribution is 5.46. The molecule has 4 heteroatoms. The van der Waals surface area contributed by atoms with Gasteiger partial charge in [-0.1, -0.05) is 0 Å². The van der Waals surface area contributed by atoms with Gasteiger partial charge in [0.15, 0.2) is 0 Å². The van der Waals surface area contributed by atoms with Crippen LogP contribution in [0.3, 0.4) is 0 Å². The number of likely N-dealkylation sites (tertiary alicyclic amines) is 1. The summed E-state index contributed by atoms with van der Waals surface area (Å²) in [5.41, 5.74) is 2.19. The van der Waals surface area contributed by atoms with E-state index in [0.29, 0.717) is 17.9 Å². The van der Waals surface area contributed by atoms with Crippen molar-refractivity contribution in [1.29, 1.82) is 5.26 Å². The maximum absolute atomic E-state index is 9.12. The van der Waals surface area contributed by atoms with E-state index in [2.05, 4.69) is 16.0 Å². The van der Waals surface area contributed by atoms with Crippen LogP contribution in [0.25, 0.3) is 0 Å². The third-order valence-corrected chi connectivity index (χ3v) is 3.27. The lowest BCUT2D eigenvalue weighted by atomic mass is 10.2. The fourth-order valence-electron chi connectivity index (χ4n) is 2.33. The summed E-state index contributed by atoms with van der Waals surface area (Å²) in [4.78, 5) is 6.67. The number of nitrogens with zero attached hydrogens (tertiary/aromatic N) is 3. The summed E-state index contributed by atoms with van der Waals surface area (Å²) in [5.74, 6) is 0.668. The molecule has 0 aliphatic carbocycles. The van der Waals surface area contributed by atoms with Crippen LogP contribution >= 0.6 is 0 Å². The number of aryl methyl sites for hydroxylation is 2. The molecule has 2 rings (SSSR count). The largest absolute Gasteiger partial charge is 0.491 e. The van der Waals surface area contributed by atoms with Gasteiger partial charge in [-0.05, 0) is 39.8 Å². The van der Waals surface area contributed by atoms with Gasteiger partial charge >= 0.3 is 0 Å². The zero-order valence-electron chi connectivity index (χ0n) is 11.1. The van der Waals surface area contributed by atoms with E-state index < -0.39 is 0 Å². The molecule has 1 aliphatic rings. The van der Waals surface area contributed by atoms with Gasteiger partial charge in [0.05, 0.1) is 5.69 Å². The van der Waals surface area contributed by atoms with Gasteiger partial charge in [0.25, 0.3) is 0 Å². The zero-order chi connectivity index (χ0) is 13.0. The number of nitriles is 1. The normalized spacial score (nSPS) is 15.6. The second-order valence-corrected chi connectivity index (χ2v) is 4.73. The zero-order valence-corrected chi connectivity index (χ0v) is 11.1. The predicted molar refractivity (Wildman–Crippen MR) is 69.6 cm³/mol. The number of pyridine rings is 1. The molecule has 0 aromatic carbocycles. The van der Waals surface area contributed by atoms with Crippen molar-refractivity contribution in [2.45, 2.75) is 26.7 Å². The molecular weight excluding hydrogens is 226 g/mol. The average Bonchev–Trinajstić information content (AvgIpc) is 2.81. The van der Waals surface area contributed by atoms with E-state index in [0.717, 1.165) is 17.9 Å². The lowest BCUT2D eigenvalue weighted by molar-refractivity contribution is 0.237. The smallest absolute Gasteiger partial charge is 0.140 e. The highest BCUT2D eigenvalue weighted by atomic mass is 16.5. The van der Waals surface area contributed by atoms with Crippen LogP contribution in [0.4, 0.5) is 0 Å². The van der Waals surface area contributed by atoms with Crippen LogP contribution in [0.1, 0.15) is 29.8 Å². The van der Waals surface area contributed by atoms with E-state index in [-0.39, 0.29) is 0 Å². The fourth-order valence-corrected chi connectivity index (χ4v) is 2.33. The first-order valence-electron chi connectivity index (χ1n) is 6.44. The lowest BCUT2D eigenvalue weighted by Gasteiger charge is -2.16. The van der Waals surface area contributed by atoms with E-state index in [9.17, 15) is 0 Å². The molecule has 0 saturated carbocycles. The minimum absolute atomic E-state index is 0.557. The van der Waals surface area contributed by atoms with Crippen molar-refractivity contribution < 1.29 is 4.74 Å². The summed E-state index contributed by atoms with van der Waals surface area (Å²) in [6.45, 7) is 7.68. The molecule has 1 aromatic heterocycles. The molecule has 1 aromatic rings. The first-order valence-corrected chi connectivity index (χ1v) is 6.44. The van der Waals surface area contributed by atoms with Crippen LogP contribution in [0.5, 0.6) is 5.75 Å². The Morgan fingerprint density at radius 1 is 1.39 bits per heavy atom. The minimum atomic E-state index is 0.557. The molecule has 0 unspecified atom stereocenters. The summed E-state index contributed by atoms with van der Waals surface area (Å²) in [6.07, 6.45) is 2.58. The van der Waals surface area contributed by atoms with Crippen LogP contribution in [0.15, 0.2) is 6.07 Å². The second-order valence-electron chi connectivity index (χ2n) is 4.73. The molecular formula is C14H19N3O. The summed E-state index contributed by atoms with van der Waals surface area (Å²) < 4.78 is 5.75. The van der Waals surface area contributed by atoms with Gasteiger partial charge in [0.1, 0.15) is 24.0 Å². The topological polar surface area (TPSA) is 49.1 Å². The SMILES string of the molecule is Cc1cc(OCCN2CCCC2)c(C#N)c(C)n1. The van der Waals surface area contributed by atoms with Crippen molar-refractivity contribution >= 4 is 0 Å². The van der Waals surface area contributed by atoms with Crippen molar-refractivity contribution in [1.82, 2.24) is 9.88 Å². The molecule has 2 heterocycles. The molecule has 1 fully saturated rings. The number of hydrogen-bond donors (Lipinski definition) is 0. The van der Waals surface area contributed by atoms with E-state index in [1.807, 2.05) is 19.9 Å². The molecule has 0 bridgehead atoms. The summed E-state index contributed by atoms with van der Waals surface area (Å²) in [6, 6.07) is 4.01. The molecule has 0 atom stereocenters. The van der Waals surface area contributed by atoms with Gasteiger partial charge in [-0.15, -0.1) is 0 Å². The molecule has 18 heavy (non-hydrogen) atoms. The summed E-state index contributed by atoms with van der Waals surface area (Å²) in [7, 11) is 0. The monoisotopic (exact) mass is 245 g/mol. The van der Waals surface area contributed by atoms with Crippen molar-refractivity contribution in [2.24, 2.45) is 0 Å². The van der Waals surface area contributed by atoms with Crippen LogP contribution in [0, 0.1) is 25.2 Å². The lowest BCUT2D eigenvalue weighted by Crippen LogP contribution is -2.25. The van der Waals surface area contributed by atoms with Crippen LogP contribution in [-0.4, -0.2) is 36.1 Å². The van der Waals surface area contributed by atoms with E-state index in [1.54, 1.807) is 0 Å². The van der Waals surface area contributed by atoms with E-state index >= 15 is 0 Å². The second kappa shape index (κ2) is 5.83. The Bertz CT molecular complexity index is 459. The maximum atomic E-state index is 9.12. The Labute approximate surface area is 108 Å². The fraction of sp³-hybridized carbons (Fsp3) is 0.571. The highest BCUT2D eigenvalue weighted by Gasteiger charge is 2.13. The molecule has 0 radical (unpaired) electrons. The highest BCUT2D eigenvalue weighted by Crippen LogP contribution is 2.21. The number of ether oxygens (including phenoxy) is 1. The van der Waals surface area contributed by atoms with Gasteiger partial charge in [-0.25, -0.2) is 0 Å². The van der Waals surface area contributed by atoms with Crippen LogP contribution in [0.2, 0.25) is 0 Å². The van der Waals surface area contributed by atoms with E-state index in [4.69, 9.17) is 10.00 Å². The molecule has 1 saturated heterocycles. The maximum Gasteiger partial charge on any atom is 0.140 e. The number of rotatable bonds is 4. The summed E-state index contributed by atoms with van der Waals surface area (Å²) in [5, 5.41) is 9.12. The Balaban J connectivity index is 1.97. The van der Waals surface area contributed by atoms with Gasteiger partial charge < -0.3 is 4.74 Å². The molecule has 0 amide bonds. The summed E-state index contributed by atoms with van der Waals surface area (Å²) >= 11 is 0. The first kappa shape index (κ1) is 12.8. The van der Waals surface area contributed by atoms with Gasteiger partial charge in [-0.3, -0.25) is 9.88 Å². The Morgan fingerprint density at radius 2 is 2.11 bits per heavy atom. The number of hydrogen-bond acceptors (Lipinski definition) is 4. The minimum Gasteiger partial charge on any atom is -0.491 e. The van der Waals surface area contributed by atoms with Crippen LogP contribution in [-0.2, 0) is 0 Å². The van der Waals surface area contributed by atoms with Crippen LogP contribution < -0.4 is 4.74 Å². The Morgan fingerprint density at radius 3 is 2.78 bits per heavy atom. The first-order chi connectivity index (χ1) is 8.70. The molecule has 0 spiro atoms. The van der Waals surface area contributed by atoms with Crippen molar-refractivity contribution in [2.75, 3.05) is 26.2 Å². The third kappa shape index (κ3) is 2.99. The van der Waals surface area contributed by atoms with Crippen molar-refractivity contribution in [3.05, 3.63) is 23.0 Å². The van der Waals surface area contributed by atoms with Gasteiger partial charge in [0.2, 0.25) is 0 Å². The van der Waals surface area contributed by atoms with Crippen molar-refractivity contribution in [3.63, 3.8) is 0 Å². The van der Waals surface area contributed by atoms with E-state index in [1.165, 1.54) is 25.9 Å². The number of aromatic nitrogens is 1. The standard InChI is InChI=1S/C14H19N3O/c1-11-9-14(13(10-15)12(2)16-11)18-8-7-17-5-3-4-6-17/h9H,3-8H2,1-2H3. The quantitative estimate of drug-likeness (QED) is 0.814. The molecule has 4 nitrogen and oxygen atoms in total. The van der Waals surface area contributed by atoms with Crippen molar-refractivity contribution in [3.8, 4) is 11.8 Å². The molecule has 0 N–H and O–H groups in total. The predicted octanol–water partition coefficient (Wildman–Crippen LogP) is 2.04. The Hall–Kier alpha value is -1.60. The average molecular weight is 245 g/mol. The third-order valence-electron chi connectivity index (χ3n) is 3.27.